The maximum absolute atomic E-state index is 11.0. The Morgan fingerprint density at radius 3 is 2.86 bits per heavy atom. The summed E-state index contributed by atoms with van der Waals surface area (Å²) < 4.78 is 0. The fraction of sp³-hybridized carbons (Fsp3) is 0.300. The van der Waals surface area contributed by atoms with Crippen molar-refractivity contribution in [2.45, 2.75) is 13.0 Å². The number of rotatable bonds is 4. The summed E-state index contributed by atoms with van der Waals surface area (Å²) in [5.74, 6) is -0.146. The van der Waals surface area contributed by atoms with E-state index in [2.05, 4.69) is 5.32 Å². The molecule has 0 amide bonds. The van der Waals surface area contributed by atoms with Crippen LogP contribution in [0.1, 0.15) is 6.92 Å². The number of hydrogen-bond acceptors (Lipinski definition) is 4. The van der Waals surface area contributed by atoms with Crippen molar-refractivity contribution < 1.29 is 15.0 Å². The van der Waals surface area contributed by atoms with Gasteiger partial charge in [0, 0.05) is 11.8 Å². The molecule has 1 aromatic rings. The molecule has 0 saturated carbocycles. The Balaban J connectivity index is 2.64. The van der Waals surface area contributed by atoms with E-state index in [-0.39, 0.29) is 11.5 Å². The summed E-state index contributed by atoms with van der Waals surface area (Å²) in [6, 6.07) is 6.02. The molecule has 0 aliphatic carbocycles. The highest BCUT2D eigenvalue weighted by atomic mass is 16.3. The summed E-state index contributed by atoms with van der Waals surface area (Å²) in [4.78, 5) is 11.0. The van der Waals surface area contributed by atoms with Gasteiger partial charge in [-0.05, 0) is 19.1 Å². The van der Waals surface area contributed by atoms with Crippen LogP contribution in [0.4, 0.5) is 5.69 Å². The van der Waals surface area contributed by atoms with E-state index < -0.39 is 12.6 Å². The lowest BCUT2D eigenvalue weighted by Crippen LogP contribution is -2.28. The normalized spacial score (nSPS) is 12.1. The molecule has 1 aromatic carbocycles. The van der Waals surface area contributed by atoms with Gasteiger partial charge in [-0.25, -0.2) is 0 Å². The molecule has 0 aliphatic rings. The number of anilines is 1. The molecule has 1 atom stereocenters. The molecule has 1 rings (SSSR count). The predicted octanol–water partition coefficient (Wildman–Crippen LogP) is 0.754. The zero-order chi connectivity index (χ0) is 10.6. The van der Waals surface area contributed by atoms with E-state index >= 15 is 0 Å². The maximum atomic E-state index is 11.0. The molecule has 0 aliphatic heterocycles. The lowest BCUT2D eigenvalue weighted by molar-refractivity contribution is -0.122. The van der Waals surface area contributed by atoms with Crippen LogP contribution < -0.4 is 5.32 Å². The molecule has 76 valence electrons. The van der Waals surface area contributed by atoms with Crippen LogP contribution in [-0.4, -0.2) is 28.6 Å². The van der Waals surface area contributed by atoms with Gasteiger partial charge >= 0.3 is 0 Å². The van der Waals surface area contributed by atoms with Gasteiger partial charge in [0.25, 0.3) is 0 Å². The van der Waals surface area contributed by atoms with Crippen LogP contribution in [0.3, 0.4) is 0 Å². The molecule has 0 spiro atoms. The lowest BCUT2D eigenvalue weighted by atomic mass is 10.2. The lowest BCUT2D eigenvalue weighted by Gasteiger charge is -2.12. The molecular weight excluding hydrogens is 182 g/mol. The summed E-state index contributed by atoms with van der Waals surface area (Å²) >= 11 is 0. The van der Waals surface area contributed by atoms with Crippen molar-refractivity contribution in [2.75, 3.05) is 11.9 Å². The van der Waals surface area contributed by atoms with E-state index in [1.165, 1.54) is 6.07 Å². The van der Waals surface area contributed by atoms with Crippen LogP contribution in [0.5, 0.6) is 5.75 Å². The second-order valence-electron chi connectivity index (χ2n) is 3.04. The van der Waals surface area contributed by atoms with Crippen LogP contribution in [0.2, 0.25) is 0 Å². The number of ketones is 1. The van der Waals surface area contributed by atoms with Crippen molar-refractivity contribution in [3.8, 4) is 5.75 Å². The van der Waals surface area contributed by atoms with Crippen molar-refractivity contribution in [1.29, 1.82) is 0 Å². The average molecular weight is 195 g/mol. The predicted molar refractivity (Wildman–Crippen MR) is 53.3 cm³/mol. The van der Waals surface area contributed by atoms with Crippen molar-refractivity contribution in [2.24, 2.45) is 0 Å². The van der Waals surface area contributed by atoms with Crippen molar-refractivity contribution in [1.82, 2.24) is 0 Å². The molecule has 0 unspecified atom stereocenters. The van der Waals surface area contributed by atoms with Gasteiger partial charge in [-0.1, -0.05) is 6.07 Å². The Hall–Kier alpha value is -1.55. The molecule has 0 aromatic heterocycles. The Labute approximate surface area is 82.2 Å². The van der Waals surface area contributed by atoms with Crippen LogP contribution in [0.15, 0.2) is 24.3 Å². The van der Waals surface area contributed by atoms with Crippen LogP contribution in [-0.2, 0) is 4.79 Å². The summed E-state index contributed by atoms with van der Waals surface area (Å²) in [6.07, 6.45) is 0. The van der Waals surface area contributed by atoms with Crippen LogP contribution in [0.25, 0.3) is 0 Å². The molecule has 4 heteroatoms. The van der Waals surface area contributed by atoms with Crippen LogP contribution >= 0.6 is 0 Å². The molecule has 0 radical (unpaired) electrons. The number of carbonyl (C=O) groups excluding carboxylic acids is 1. The maximum Gasteiger partial charge on any atom is 0.179 e. The number of carbonyl (C=O) groups is 1. The molecule has 0 fully saturated rings. The molecule has 3 N–H and O–H groups in total. The second-order valence-corrected chi connectivity index (χ2v) is 3.04. The van der Waals surface area contributed by atoms with Crippen molar-refractivity contribution in [3.05, 3.63) is 24.3 Å². The first-order valence-corrected chi connectivity index (χ1v) is 4.32. The van der Waals surface area contributed by atoms with Crippen LogP contribution in [0, 0.1) is 0 Å². The third-order valence-corrected chi connectivity index (χ3v) is 1.87. The first-order valence-electron chi connectivity index (χ1n) is 4.32. The van der Waals surface area contributed by atoms with Gasteiger partial charge in [0.05, 0.1) is 6.04 Å². The minimum atomic E-state index is -0.479. The van der Waals surface area contributed by atoms with E-state index in [0.717, 1.165) is 0 Å². The molecule has 0 bridgehead atoms. The quantitative estimate of drug-likeness (QED) is 0.663. The SMILES string of the molecule is C[C@@H](Nc1cccc(O)c1)C(=O)CO. The third-order valence-electron chi connectivity index (χ3n) is 1.87. The Bertz CT molecular complexity index is 325. The highest BCUT2D eigenvalue weighted by Gasteiger charge is 2.10. The van der Waals surface area contributed by atoms with E-state index in [9.17, 15) is 4.79 Å². The summed E-state index contributed by atoms with van der Waals surface area (Å²) in [6.45, 7) is 1.18. The number of nitrogens with one attached hydrogen (secondary N) is 1. The number of phenolic OH excluding ortho intramolecular Hbond substituents is 1. The largest absolute Gasteiger partial charge is 0.508 e. The van der Waals surface area contributed by atoms with Gasteiger partial charge in [-0.15, -0.1) is 0 Å². The number of aliphatic hydroxyl groups excluding tert-OH is 1. The standard InChI is InChI=1S/C10H13NO3/c1-7(10(14)6-12)11-8-3-2-4-9(13)5-8/h2-5,7,11-13H,6H2,1H3/t7-/m1/s1. The molecule has 4 nitrogen and oxygen atoms in total. The van der Waals surface area contributed by atoms with E-state index in [4.69, 9.17) is 10.2 Å². The minimum Gasteiger partial charge on any atom is -0.508 e. The molecule has 14 heavy (non-hydrogen) atoms. The zero-order valence-corrected chi connectivity index (χ0v) is 7.90. The second kappa shape index (κ2) is 4.62. The van der Waals surface area contributed by atoms with Crippen molar-refractivity contribution in [3.63, 3.8) is 0 Å². The first-order chi connectivity index (χ1) is 6.63. The van der Waals surface area contributed by atoms with Gasteiger partial charge in [-0.3, -0.25) is 4.79 Å². The Morgan fingerprint density at radius 1 is 1.57 bits per heavy atom. The van der Waals surface area contributed by atoms with Gasteiger partial charge in [0.1, 0.15) is 12.4 Å². The highest BCUT2D eigenvalue weighted by molar-refractivity contribution is 5.87. The van der Waals surface area contributed by atoms with E-state index in [1.807, 2.05) is 0 Å². The summed E-state index contributed by atoms with van der Waals surface area (Å²) in [7, 11) is 0. The average Bonchev–Trinajstić information content (AvgIpc) is 2.16. The number of aliphatic hydroxyl groups is 1. The van der Waals surface area contributed by atoms with Gasteiger partial charge in [0.2, 0.25) is 0 Å². The summed E-state index contributed by atoms with van der Waals surface area (Å²) in [5.41, 5.74) is 0.652. The van der Waals surface area contributed by atoms with Gasteiger partial charge in [-0.2, -0.15) is 0 Å². The number of aromatic hydroxyl groups is 1. The molecule has 0 heterocycles. The highest BCUT2D eigenvalue weighted by Crippen LogP contribution is 2.16. The van der Waals surface area contributed by atoms with Crippen molar-refractivity contribution >= 4 is 11.5 Å². The first kappa shape index (κ1) is 10.5. The van der Waals surface area contributed by atoms with Gasteiger partial charge in [0.15, 0.2) is 5.78 Å². The number of benzene rings is 1. The zero-order valence-electron chi connectivity index (χ0n) is 7.90. The molecule has 0 saturated heterocycles. The monoisotopic (exact) mass is 195 g/mol. The Kier molecular flexibility index (Phi) is 3.48. The summed E-state index contributed by atoms with van der Waals surface area (Å²) in [5, 5.41) is 20.6. The van der Waals surface area contributed by atoms with E-state index in [1.54, 1.807) is 25.1 Å². The fourth-order valence-corrected chi connectivity index (χ4v) is 1.06. The smallest absolute Gasteiger partial charge is 0.179 e. The molecular formula is C10H13NO3. The van der Waals surface area contributed by atoms with E-state index in [0.29, 0.717) is 5.69 Å². The fourth-order valence-electron chi connectivity index (χ4n) is 1.06. The Morgan fingerprint density at radius 2 is 2.29 bits per heavy atom. The number of Topliss-reactive ketones (excluding diaryl/α,β-unsaturated/α-hetero) is 1. The third kappa shape index (κ3) is 2.74. The number of hydrogen-bond donors (Lipinski definition) is 3. The topological polar surface area (TPSA) is 69.6 Å². The number of phenols is 1. The van der Waals surface area contributed by atoms with Gasteiger partial charge < -0.3 is 15.5 Å². The minimum absolute atomic E-state index is 0.138.